The number of rotatable bonds is 9. The number of pyridine rings is 1. The molecule has 4 aromatic rings. The molecule has 0 saturated heterocycles. The lowest BCUT2D eigenvalue weighted by Crippen LogP contribution is -2.43. The third-order valence-electron chi connectivity index (χ3n) is 5.36. The fraction of sp³-hybridized carbons (Fsp3) is 0.393. The Labute approximate surface area is 245 Å². The Morgan fingerprint density at radius 2 is 1.74 bits per heavy atom. The summed E-state index contributed by atoms with van der Waals surface area (Å²) in [7, 11) is 0. The number of ether oxygens (including phenoxy) is 3. The molecule has 0 unspecified atom stereocenters. The Morgan fingerprint density at radius 3 is 2.37 bits per heavy atom. The van der Waals surface area contributed by atoms with Crippen molar-refractivity contribution in [1.82, 2.24) is 35.7 Å². The number of nitrogens with one attached hydrogen (secondary N) is 1. The topological polar surface area (TPSA) is 156 Å². The molecule has 3 heterocycles. The molecule has 1 amide bonds. The number of halogens is 2. The van der Waals surface area contributed by atoms with Crippen molar-refractivity contribution in [2.45, 2.75) is 71.8 Å². The van der Waals surface area contributed by atoms with Crippen LogP contribution in [0.5, 0.6) is 11.6 Å². The largest absolute Gasteiger partial charge is 0.460 e. The second-order valence-electron chi connectivity index (χ2n) is 11.5. The first-order valence-electron chi connectivity index (χ1n) is 13.2. The molecule has 0 bridgehead atoms. The van der Waals surface area contributed by atoms with Crippen LogP contribution in [-0.4, -0.2) is 59.7 Å². The lowest BCUT2D eigenvalue weighted by molar-refractivity contribution is -0.155. The molecule has 0 fully saturated rings. The van der Waals surface area contributed by atoms with Gasteiger partial charge in [0.25, 0.3) is 5.88 Å². The van der Waals surface area contributed by atoms with Gasteiger partial charge < -0.3 is 24.1 Å². The highest BCUT2D eigenvalue weighted by molar-refractivity contribution is 5.73. The van der Waals surface area contributed by atoms with E-state index in [-0.39, 0.29) is 36.0 Å². The molecule has 0 aliphatic carbocycles. The number of carbonyl (C=O) groups excluding carboxylic acids is 2. The van der Waals surface area contributed by atoms with Crippen LogP contribution in [0.2, 0.25) is 0 Å². The Hall–Kier alpha value is -4.95. The smallest absolute Gasteiger partial charge is 0.407 e. The predicted octanol–water partition coefficient (Wildman–Crippen LogP) is 5.09. The zero-order valence-electron chi connectivity index (χ0n) is 24.4. The molecule has 15 heteroatoms. The summed E-state index contributed by atoms with van der Waals surface area (Å²) in [5.74, 6) is -2.54. The van der Waals surface area contributed by atoms with Gasteiger partial charge in [0.1, 0.15) is 29.0 Å². The second-order valence-corrected chi connectivity index (χ2v) is 11.5. The van der Waals surface area contributed by atoms with Crippen molar-refractivity contribution in [2.24, 2.45) is 0 Å². The number of tetrazole rings is 1. The van der Waals surface area contributed by atoms with Crippen LogP contribution in [0.3, 0.4) is 0 Å². The average Bonchev–Trinajstić information content (AvgIpc) is 3.56. The molecule has 0 aliphatic rings. The maximum Gasteiger partial charge on any atom is 0.407 e. The molecule has 0 radical (unpaired) electrons. The Morgan fingerprint density at radius 1 is 1.00 bits per heavy atom. The molecule has 0 saturated carbocycles. The van der Waals surface area contributed by atoms with Crippen molar-refractivity contribution < 1.29 is 37.1 Å². The van der Waals surface area contributed by atoms with Crippen LogP contribution in [0.4, 0.5) is 13.6 Å². The molecule has 228 valence electrons. The molecule has 1 aromatic carbocycles. The van der Waals surface area contributed by atoms with Crippen molar-refractivity contribution in [3.8, 4) is 34.1 Å². The summed E-state index contributed by atoms with van der Waals surface area (Å²) in [6.07, 6.45) is 3.16. The van der Waals surface area contributed by atoms with Gasteiger partial charge >= 0.3 is 12.1 Å². The lowest BCUT2D eigenvalue weighted by Gasteiger charge is -2.24. The van der Waals surface area contributed by atoms with Crippen LogP contribution in [0.1, 0.15) is 48.0 Å². The van der Waals surface area contributed by atoms with Gasteiger partial charge in [0.05, 0.1) is 30.8 Å². The number of alkyl carbamates (subject to hydrolysis) is 1. The van der Waals surface area contributed by atoms with Crippen molar-refractivity contribution in [3.63, 3.8) is 0 Å². The van der Waals surface area contributed by atoms with Gasteiger partial charge in [-0.1, -0.05) is 5.16 Å². The van der Waals surface area contributed by atoms with Crippen molar-refractivity contribution in [2.75, 3.05) is 0 Å². The molecule has 1 atom stereocenters. The van der Waals surface area contributed by atoms with Gasteiger partial charge in [-0.25, -0.2) is 18.6 Å². The van der Waals surface area contributed by atoms with E-state index in [1.807, 2.05) is 0 Å². The normalized spacial score (nSPS) is 12.5. The summed E-state index contributed by atoms with van der Waals surface area (Å²) in [5.41, 5.74) is -0.556. The summed E-state index contributed by atoms with van der Waals surface area (Å²) < 4.78 is 50.5. The van der Waals surface area contributed by atoms with Crippen molar-refractivity contribution in [1.29, 1.82) is 0 Å². The van der Waals surface area contributed by atoms with Gasteiger partial charge in [-0.15, -0.1) is 10.2 Å². The zero-order valence-corrected chi connectivity index (χ0v) is 24.4. The van der Waals surface area contributed by atoms with Gasteiger partial charge in [-0.3, -0.25) is 4.79 Å². The molecule has 1 N–H and O–H groups in total. The summed E-state index contributed by atoms with van der Waals surface area (Å²) >= 11 is 0. The number of amides is 1. The van der Waals surface area contributed by atoms with Crippen LogP contribution in [0, 0.1) is 11.6 Å². The summed E-state index contributed by atoms with van der Waals surface area (Å²) in [6.45, 7) is 10.2. The first-order valence-corrected chi connectivity index (χ1v) is 13.2. The average molecular weight is 600 g/mol. The maximum atomic E-state index is 15.1. The number of benzene rings is 1. The lowest BCUT2D eigenvalue weighted by atomic mass is 10.1. The van der Waals surface area contributed by atoms with E-state index in [1.165, 1.54) is 36.9 Å². The minimum absolute atomic E-state index is 0.0152. The predicted molar refractivity (Wildman–Crippen MR) is 147 cm³/mol. The van der Waals surface area contributed by atoms with E-state index in [4.69, 9.17) is 18.7 Å². The van der Waals surface area contributed by atoms with Crippen molar-refractivity contribution in [3.05, 3.63) is 54.6 Å². The monoisotopic (exact) mass is 599 g/mol. The molecule has 13 nitrogen and oxygen atoms in total. The van der Waals surface area contributed by atoms with Crippen LogP contribution >= 0.6 is 0 Å². The van der Waals surface area contributed by atoms with Crippen LogP contribution < -0.4 is 10.1 Å². The van der Waals surface area contributed by atoms with Gasteiger partial charge in [0.15, 0.2) is 5.82 Å². The molecular weight excluding hydrogens is 568 g/mol. The Bertz CT molecular complexity index is 1550. The third-order valence-corrected chi connectivity index (χ3v) is 5.36. The molecule has 43 heavy (non-hydrogen) atoms. The van der Waals surface area contributed by atoms with Crippen LogP contribution in [0.15, 0.2) is 47.4 Å². The minimum atomic E-state index is -0.828. The van der Waals surface area contributed by atoms with Gasteiger partial charge in [-0.2, -0.15) is 4.80 Å². The number of nitrogens with zero attached hydrogens (tertiary/aromatic N) is 6. The van der Waals surface area contributed by atoms with E-state index < -0.39 is 40.9 Å². The number of hydrogen-bond acceptors (Lipinski definition) is 11. The Kier molecular flexibility index (Phi) is 9.01. The summed E-state index contributed by atoms with van der Waals surface area (Å²) in [5, 5.41) is 18.2. The maximum absolute atomic E-state index is 15.1. The fourth-order valence-electron chi connectivity index (χ4n) is 3.70. The van der Waals surface area contributed by atoms with E-state index >= 15 is 4.39 Å². The zero-order chi connectivity index (χ0) is 31.4. The third kappa shape index (κ3) is 9.02. The van der Waals surface area contributed by atoms with E-state index in [0.29, 0.717) is 11.1 Å². The number of esters is 1. The summed E-state index contributed by atoms with van der Waals surface area (Å²) in [6, 6.07) is 4.12. The van der Waals surface area contributed by atoms with E-state index in [1.54, 1.807) is 41.5 Å². The standard InChI is InChI=1S/C28H31F2N7O6/c1-27(2,3)42-23(38)10-18(33-26(39)43-28(4,5)6)14-37-35-24(34-36-37)20-8-7-19(11-21(20)29)41-25-22(30)9-16(12-31-25)17-13-32-40-15-17/h7-9,11-13,15,18H,10,14H2,1-6H3,(H,33,39)/t18-/m0/s1. The van der Waals surface area contributed by atoms with Gasteiger partial charge in [-0.05, 0) is 65.0 Å². The SMILES string of the molecule is CC(C)(C)OC(=O)C[C@@H](Cn1nnc(-c2ccc(Oc3ncc(-c4cnoc4)cc3F)cc2F)n1)NC(=O)OC(C)(C)C. The van der Waals surface area contributed by atoms with E-state index in [2.05, 4.69) is 30.9 Å². The van der Waals surface area contributed by atoms with E-state index in [9.17, 15) is 14.0 Å². The highest BCUT2D eigenvalue weighted by Gasteiger charge is 2.26. The summed E-state index contributed by atoms with van der Waals surface area (Å²) in [4.78, 5) is 29.9. The van der Waals surface area contributed by atoms with Gasteiger partial charge in [0.2, 0.25) is 5.82 Å². The van der Waals surface area contributed by atoms with Crippen molar-refractivity contribution >= 4 is 12.1 Å². The number of aromatic nitrogens is 6. The number of hydrogen-bond donors (Lipinski definition) is 1. The molecule has 0 spiro atoms. The van der Waals surface area contributed by atoms with Crippen LogP contribution in [0.25, 0.3) is 22.5 Å². The van der Waals surface area contributed by atoms with Crippen LogP contribution in [-0.2, 0) is 20.8 Å². The highest BCUT2D eigenvalue weighted by atomic mass is 19.1. The second kappa shape index (κ2) is 12.5. The molecule has 4 rings (SSSR count). The van der Waals surface area contributed by atoms with E-state index in [0.717, 1.165) is 10.9 Å². The highest BCUT2D eigenvalue weighted by Crippen LogP contribution is 2.29. The van der Waals surface area contributed by atoms with Gasteiger partial charge in [0, 0.05) is 23.4 Å². The Balaban J connectivity index is 1.46. The first kappa shape index (κ1) is 31.0. The molecular formula is C28H31F2N7O6. The number of carbonyl (C=O) groups is 2. The first-order chi connectivity index (χ1) is 20.1. The minimum Gasteiger partial charge on any atom is -0.460 e. The quantitative estimate of drug-likeness (QED) is 0.256. The molecule has 3 aromatic heterocycles. The fourth-order valence-corrected chi connectivity index (χ4v) is 3.70. The molecule has 0 aliphatic heterocycles.